The van der Waals surface area contributed by atoms with Gasteiger partial charge in [0.25, 0.3) is 5.69 Å². The molecule has 0 heterocycles. The highest BCUT2D eigenvalue weighted by Gasteiger charge is 2.21. The van der Waals surface area contributed by atoms with Gasteiger partial charge in [-0.1, -0.05) is 30.3 Å². The topological polar surface area (TPSA) is 86.5 Å². The Morgan fingerprint density at radius 3 is 2.34 bits per heavy atom. The van der Waals surface area contributed by atoms with Crippen LogP contribution in [0.4, 0.5) is 5.69 Å². The van der Waals surface area contributed by atoms with Gasteiger partial charge in [0.15, 0.2) is 5.78 Å². The molecule has 29 heavy (non-hydrogen) atoms. The first-order valence-corrected chi connectivity index (χ1v) is 9.46. The van der Waals surface area contributed by atoms with Crippen LogP contribution in [-0.4, -0.2) is 23.3 Å². The second-order valence-corrected chi connectivity index (χ2v) is 6.61. The molecule has 0 spiro atoms. The van der Waals surface area contributed by atoms with E-state index in [-0.39, 0.29) is 17.4 Å². The highest BCUT2D eigenvalue weighted by molar-refractivity contribution is 6.14. The summed E-state index contributed by atoms with van der Waals surface area (Å²) in [6.45, 7) is 2.14. The summed E-state index contributed by atoms with van der Waals surface area (Å²) in [6.07, 6.45) is 1.60. The summed E-state index contributed by atoms with van der Waals surface area (Å²) < 4.78 is 4.97. The van der Waals surface area contributed by atoms with Crippen LogP contribution in [-0.2, 0) is 16.0 Å². The molecule has 0 saturated heterocycles. The number of hydrogen-bond donors (Lipinski definition) is 0. The number of nitro benzene ring substituents is 1. The Bertz CT molecular complexity index is 1010. The summed E-state index contributed by atoms with van der Waals surface area (Å²) in [5.74, 6) is -0.413. The third-order valence-electron chi connectivity index (χ3n) is 4.71. The Labute approximate surface area is 168 Å². The van der Waals surface area contributed by atoms with Crippen LogP contribution in [0, 0.1) is 10.1 Å². The Morgan fingerprint density at radius 2 is 1.69 bits per heavy atom. The van der Waals surface area contributed by atoms with Crippen LogP contribution in [0.3, 0.4) is 0 Å². The Hall–Kier alpha value is -3.54. The molecule has 1 aromatic carbocycles. The van der Waals surface area contributed by atoms with Crippen LogP contribution < -0.4 is 0 Å². The molecule has 3 rings (SSSR count). The average molecular weight is 391 g/mol. The minimum atomic E-state index is -0.492. The van der Waals surface area contributed by atoms with Crippen molar-refractivity contribution in [2.75, 3.05) is 6.61 Å². The van der Waals surface area contributed by atoms with Crippen LogP contribution >= 0.6 is 0 Å². The first kappa shape index (κ1) is 20.2. The first-order valence-electron chi connectivity index (χ1n) is 9.46. The van der Waals surface area contributed by atoms with Gasteiger partial charge in [0.2, 0.25) is 0 Å². The fourth-order valence-corrected chi connectivity index (χ4v) is 3.33. The second kappa shape index (κ2) is 9.10. The maximum absolute atomic E-state index is 13.1. The van der Waals surface area contributed by atoms with E-state index in [4.69, 9.17) is 4.74 Å². The molecule has 0 aromatic heterocycles. The molecule has 0 bridgehead atoms. The van der Waals surface area contributed by atoms with Crippen molar-refractivity contribution in [2.24, 2.45) is 0 Å². The molecule has 0 radical (unpaired) electrons. The largest absolute Gasteiger partial charge is 0.466 e. The molecule has 0 amide bonds. The average Bonchev–Trinajstić information content (AvgIpc) is 2.88. The van der Waals surface area contributed by atoms with Crippen LogP contribution in [0.5, 0.6) is 0 Å². The van der Waals surface area contributed by atoms with E-state index < -0.39 is 4.92 Å². The van der Waals surface area contributed by atoms with E-state index >= 15 is 0 Å². The highest BCUT2D eigenvalue weighted by Crippen LogP contribution is 2.34. The predicted octanol–water partition coefficient (Wildman–Crippen LogP) is 4.82. The SMILES string of the molecule is CCOC(=O)CCCc1cc(C(=O)c2ccc([N+](=O)[O-])cc2)c2cccccc1-2. The molecule has 148 valence electrons. The van der Waals surface area contributed by atoms with Gasteiger partial charge in [-0.15, -0.1) is 0 Å². The number of non-ortho nitro benzene ring substituents is 1. The van der Waals surface area contributed by atoms with Crippen molar-refractivity contribution in [1.29, 1.82) is 0 Å². The van der Waals surface area contributed by atoms with Gasteiger partial charge in [-0.2, -0.15) is 0 Å². The minimum Gasteiger partial charge on any atom is -0.466 e. The normalized spacial score (nSPS) is 10.7. The molecular formula is C23H21NO5. The zero-order valence-electron chi connectivity index (χ0n) is 16.1. The first-order chi connectivity index (χ1) is 14.0. The van der Waals surface area contributed by atoms with Crippen LogP contribution in [0.25, 0.3) is 11.1 Å². The van der Waals surface area contributed by atoms with Gasteiger partial charge in [-0.25, -0.2) is 0 Å². The lowest BCUT2D eigenvalue weighted by molar-refractivity contribution is -0.384. The van der Waals surface area contributed by atoms with Crippen LogP contribution in [0.15, 0.2) is 60.7 Å². The molecule has 0 aliphatic heterocycles. The van der Waals surface area contributed by atoms with E-state index in [1.54, 1.807) is 6.92 Å². The van der Waals surface area contributed by atoms with Crippen LogP contribution in [0.1, 0.15) is 41.3 Å². The van der Waals surface area contributed by atoms with Gasteiger partial charge in [-0.3, -0.25) is 19.7 Å². The van der Waals surface area contributed by atoms with E-state index in [9.17, 15) is 19.7 Å². The van der Waals surface area contributed by atoms with Crippen molar-refractivity contribution in [2.45, 2.75) is 26.2 Å². The number of benzene rings is 1. The summed E-state index contributed by atoms with van der Waals surface area (Å²) >= 11 is 0. The van der Waals surface area contributed by atoms with Gasteiger partial charge in [0.1, 0.15) is 0 Å². The Kier molecular flexibility index (Phi) is 6.34. The third kappa shape index (κ3) is 4.66. The van der Waals surface area contributed by atoms with E-state index in [1.165, 1.54) is 24.3 Å². The number of hydrogen-bond acceptors (Lipinski definition) is 5. The summed E-state index contributed by atoms with van der Waals surface area (Å²) in [5.41, 5.74) is 3.67. The van der Waals surface area contributed by atoms with Crippen molar-refractivity contribution in [3.8, 4) is 11.1 Å². The number of aryl methyl sites for hydroxylation is 1. The van der Waals surface area contributed by atoms with E-state index in [2.05, 4.69) is 0 Å². The van der Waals surface area contributed by atoms with Gasteiger partial charge in [0, 0.05) is 29.7 Å². The molecule has 2 aliphatic carbocycles. The summed E-state index contributed by atoms with van der Waals surface area (Å²) in [6, 6.07) is 17.0. The molecule has 0 fully saturated rings. The van der Waals surface area contributed by atoms with Crippen molar-refractivity contribution >= 4 is 17.4 Å². The van der Waals surface area contributed by atoms with E-state index in [0.29, 0.717) is 37.0 Å². The second-order valence-electron chi connectivity index (χ2n) is 6.61. The van der Waals surface area contributed by atoms with Crippen molar-refractivity contribution in [3.63, 3.8) is 0 Å². The predicted molar refractivity (Wildman–Crippen MR) is 109 cm³/mol. The fourth-order valence-electron chi connectivity index (χ4n) is 3.33. The summed E-state index contributed by atoms with van der Waals surface area (Å²) in [5, 5.41) is 10.8. The summed E-state index contributed by atoms with van der Waals surface area (Å²) in [7, 11) is 0. The molecule has 6 nitrogen and oxygen atoms in total. The Morgan fingerprint density at radius 1 is 1.00 bits per heavy atom. The molecule has 1 aromatic rings. The van der Waals surface area contributed by atoms with E-state index in [0.717, 1.165) is 16.7 Å². The number of esters is 1. The van der Waals surface area contributed by atoms with Gasteiger partial charge >= 0.3 is 5.97 Å². The molecule has 2 aliphatic rings. The van der Waals surface area contributed by atoms with Gasteiger partial charge < -0.3 is 4.74 Å². The van der Waals surface area contributed by atoms with Gasteiger partial charge in [0.05, 0.1) is 11.5 Å². The molecule has 0 unspecified atom stereocenters. The number of fused-ring (bicyclic) bond motifs is 1. The molecule has 0 atom stereocenters. The third-order valence-corrected chi connectivity index (χ3v) is 4.71. The molecular weight excluding hydrogens is 370 g/mol. The number of rotatable bonds is 8. The number of ether oxygens (including phenoxy) is 1. The zero-order chi connectivity index (χ0) is 20.8. The number of nitrogens with zero attached hydrogens (tertiary/aromatic N) is 1. The number of carbonyl (C=O) groups excluding carboxylic acids is 2. The molecule has 6 heteroatoms. The number of carbonyl (C=O) groups is 2. The standard InChI is InChI=1S/C23H21NO5/c1-2-29-22(25)10-6-7-17-15-21(20-9-5-3-4-8-19(17)20)23(26)16-11-13-18(14-12-16)24(27)28/h3-5,8-9,11-15H,2,6-7,10H2,1H3. The molecule has 0 saturated carbocycles. The van der Waals surface area contributed by atoms with Crippen molar-refractivity contribution in [3.05, 3.63) is 87.5 Å². The molecule has 0 N–H and O–H groups in total. The minimum absolute atomic E-state index is 0.0556. The zero-order valence-corrected chi connectivity index (χ0v) is 16.1. The fraction of sp³-hybridized carbons (Fsp3) is 0.217. The maximum atomic E-state index is 13.1. The van der Waals surface area contributed by atoms with Crippen molar-refractivity contribution < 1.29 is 19.2 Å². The smallest absolute Gasteiger partial charge is 0.305 e. The lowest BCUT2D eigenvalue weighted by atomic mass is 10.0. The lowest BCUT2D eigenvalue weighted by Gasteiger charge is -2.03. The van der Waals surface area contributed by atoms with Crippen molar-refractivity contribution in [1.82, 2.24) is 0 Å². The monoisotopic (exact) mass is 391 g/mol. The highest BCUT2D eigenvalue weighted by atomic mass is 16.6. The Balaban J connectivity index is 1.88. The number of ketones is 1. The number of nitro groups is 1. The summed E-state index contributed by atoms with van der Waals surface area (Å²) in [4.78, 5) is 35.0. The van der Waals surface area contributed by atoms with E-state index in [1.807, 2.05) is 36.4 Å². The van der Waals surface area contributed by atoms with Crippen LogP contribution in [0.2, 0.25) is 0 Å². The maximum Gasteiger partial charge on any atom is 0.305 e. The lowest BCUT2D eigenvalue weighted by Crippen LogP contribution is -2.04. The van der Waals surface area contributed by atoms with Gasteiger partial charge in [-0.05, 0) is 54.7 Å². The quantitative estimate of drug-likeness (QED) is 0.238.